The Labute approximate surface area is 95.2 Å². The number of benzene rings is 1. The van der Waals surface area contributed by atoms with Gasteiger partial charge in [-0.3, -0.25) is 4.79 Å². The molecule has 0 aliphatic carbocycles. The minimum atomic E-state index is -0.827. The van der Waals surface area contributed by atoms with Gasteiger partial charge in [0, 0.05) is 6.54 Å². The number of carbonyl (C=O) groups is 1. The van der Waals surface area contributed by atoms with Crippen LogP contribution in [0.3, 0.4) is 0 Å². The number of rotatable bonds is 6. The smallest absolute Gasteiger partial charge is 0.307 e. The van der Waals surface area contributed by atoms with E-state index in [1.807, 2.05) is 19.9 Å². The van der Waals surface area contributed by atoms with Crippen LogP contribution in [-0.2, 0) is 11.2 Å². The Kier molecular flexibility index (Phi) is 4.64. The average Bonchev–Trinajstić information content (AvgIpc) is 2.21. The van der Waals surface area contributed by atoms with Crippen molar-refractivity contribution in [1.29, 1.82) is 0 Å². The van der Waals surface area contributed by atoms with Crippen molar-refractivity contribution in [1.82, 2.24) is 0 Å². The van der Waals surface area contributed by atoms with Crippen LogP contribution in [0.5, 0.6) is 5.75 Å². The van der Waals surface area contributed by atoms with Gasteiger partial charge < -0.3 is 15.2 Å². The molecule has 0 amide bonds. The second-order valence-electron chi connectivity index (χ2n) is 3.36. The predicted octanol–water partition coefficient (Wildman–Crippen LogP) is 2.14. The number of carboxylic acid groups (broad SMARTS) is 1. The van der Waals surface area contributed by atoms with Gasteiger partial charge in [-0.1, -0.05) is 6.07 Å². The van der Waals surface area contributed by atoms with Gasteiger partial charge in [0.2, 0.25) is 0 Å². The molecule has 0 radical (unpaired) electrons. The predicted molar refractivity (Wildman–Crippen MR) is 63.1 cm³/mol. The first-order chi connectivity index (χ1) is 7.67. The third-order valence-electron chi connectivity index (χ3n) is 2.07. The van der Waals surface area contributed by atoms with E-state index >= 15 is 0 Å². The van der Waals surface area contributed by atoms with E-state index in [1.165, 1.54) is 0 Å². The van der Waals surface area contributed by atoms with E-state index in [0.29, 0.717) is 6.61 Å². The normalized spacial score (nSPS) is 9.88. The lowest BCUT2D eigenvalue weighted by atomic mass is 10.1. The van der Waals surface area contributed by atoms with Crippen LogP contribution in [0, 0.1) is 0 Å². The quantitative estimate of drug-likeness (QED) is 0.775. The number of anilines is 1. The zero-order valence-corrected chi connectivity index (χ0v) is 9.62. The van der Waals surface area contributed by atoms with Crippen LogP contribution < -0.4 is 10.1 Å². The van der Waals surface area contributed by atoms with Crippen molar-refractivity contribution in [3.63, 3.8) is 0 Å². The van der Waals surface area contributed by atoms with Gasteiger partial charge in [0.1, 0.15) is 5.75 Å². The SMILES string of the molecule is CCNc1cc(CC(=O)O)ccc1OCC. The molecule has 2 N–H and O–H groups in total. The lowest BCUT2D eigenvalue weighted by molar-refractivity contribution is -0.136. The molecule has 88 valence electrons. The van der Waals surface area contributed by atoms with E-state index in [0.717, 1.165) is 23.5 Å². The summed E-state index contributed by atoms with van der Waals surface area (Å²) in [5.74, 6) is -0.0647. The van der Waals surface area contributed by atoms with E-state index in [2.05, 4.69) is 5.32 Å². The van der Waals surface area contributed by atoms with Crippen molar-refractivity contribution in [2.75, 3.05) is 18.5 Å². The van der Waals surface area contributed by atoms with Gasteiger partial charge in [0.15, 0.2) is 0 Å². The Hall–Kier alpha value is -1.71. The van der Waals surface area contributed by atoms with E-state index in [1.54, 1.807) is 12.1 Å². The number of ether oxygens (including phenoxy) is 1. The zero-order valence-electron chi connectivity index (χ0n) is 9.62. The number of hydrogen-bond acceptors (Lipinski definition) is 3. The van der Waals surface area contributed by atoms with Crippen LogP contribution in [0.1, 0.15) is 19.4 Å². The molecule has 0 saturated heterocycles. The van der Waals surface area contributed by atoms with E-state index in [9.17, 15) is 4.79 Å². The third-order valence-corrected chi connectivity index (χ3v) is 2.07. The summed E-state index contributed by atoms with van der Waals surface area (Å²) in [5.41, 5.74) is 1.62. The summed E-state index contributed by atoms with van der Waals surface area (Å²) in [5, 5.41) is 11.9. The summed E-state index contributed by atoms with van der Waals surface area (Å²) < 4.78 is 5.44. The molecule has 1 aromatic carbocycles. The highest BCUT2D eigenvalue weighted by atomic mass is 16.5. The molecule has 1 rings (SSSR count). The fourth-order valence-corrected chi connectivity index (χ4v) is 1.47. The minimum absolute atomic E-state index is 0.0325. The van der Waals surface area contributed by atoms with Crippen molar-refractivity contribution in [3.05, 3.63) is 23.8 Å². The van der Waals surface area contributed by atoms with Gasteiger partial charge in [-0.2, -0.15) is 0 Å². The first kappa shape index (κ1) is 12.4. The molecule has 0 unspecified atom stereocenters. The molecular formula is C12H17NO3. The highest BCUT2D eigenvalue weighted by molar-refractivity contribution is 5.71. The minimum Gasteiger partial charge on any atom is -0.492 e. The molecule has 0 aliphatic heterocycles. The van der Waals surface area contributed by atoms with Crippen molar-refractivity contribution in [2.45, 2.75) is 20.3 Å². The Morgan fingerprint density at radius 3 is 2.75 bits per heavy atom. The monoisotopic (exact) mass is 223 g/mol. The van der Waals surface area contributed by atoms with Crippen LogP contribution in [0.4, 0.5) is 5.69 Å². The molecule has 0 aromatic heterocycles. The molecule has 0 bridgehead atoms. The summed E-state index contributed by atoms with van der Waals surface area (Å²) in [6.07, 6.45) is 0.0325. The maximum Gasteiger partial charge on any atom is 0.307 e. The fraction of sp³-hybridized carbons (Fsp3) is 0.417. The molecule has 4 nitrogen and oxygen atoms in total. The van der Waals surface area contributed by atoms with E-state index < -0.39 is 5.97 Å². The van der Waals surface area contributed by atoms with Crippen LogP contribution >= 0.6 is 0 Å². The summed E-state index contributed by atoms with van der Waals surface area (Å²) in [4.78, 5) is 10.6. The molecule has 0 aliphatic rings. The highest BCUT2D eigenvalue weighted by Gasteiger charge is 2.06. The Balaban J connectivity index is 2.92. The lowest BCUT2D eigenvalue weighted by Gasteiger charge is -2.12. The molecule has 0 spiro atoms. The number of nitrogens with one attached hydrogen (secondary N) is 1. The molecule has 0 heterocycles. The molecule has 4 heteroatoms. The number of hydrogen-bond donors (Lipinski definition) is 2. The largest absolute Gasteiger partial charge is 0.492 e. The summed E-state index contributed by atoms with van der Waals surface area (Å²) in [6, 6.07) is 5.41. The number of carboxylic acids is 1. The van der Waals surface area contributed by atoms with Crippen molar-refractivity contribution in [3.8, 4) is 5.75 Å². The van der Waals surface area contributed by atoms with Gasteiger partial charge in [-0.15, -0.1) is 0 Å². The third kappa shape index (κ3) is 3.46. The van der Waals surface area contributed by atoms with Crippen LogP contribution in [-0.4, -0.2) is 24.2 Å². The van der Waals surface area contributed by atoms with Crippen LogP contribution in [0.15, 0.2) is 18.2 Å². The fourth-order valence-electron chi connectivity index (χ4n) is 1.47. The van der Waals surface area contributed by atoms with Crippen LogP contribution in [0.2, 0.25) is 0 Å². The lowest BCUT2D eigenvalue weighted by Crippen LogP contribution is -2.04. The molecule has 0 saturated carbocycles. The second kappa shape index (κ2) is 6.00. The Morgan fingerprint density at radius 2 is 2.19 bits per heavy atom. The first-order valence-corrected chi connectivity index (χ1v) is 5.38. The maximum atomic E-state index is 10.6. The van der Waals surface area contributed by atoms with Gasteiger partial charge in [0.25, 0.3) is 0 Å². The summed E-state index contributed by atoms with van der Waals surface area (Å²) in [6.45, 7) is 5.27. The van der Waals surface area contributed by atoms with Gasteiger partial charge in [0.05, 0.1) is 18.7 Å². The van der Waals surface area contributed by atoms with Gasteiger partial charge in [-0.05, 0) is 31.5 Å². The Bertz CT molecular complexity index is 363. The second-order valence-corrected chi connectivity index (χ2v) is 3.36. The molecule has 0 fully saturated rings. The molecular weight excluding hydrogens is 206 g/mol. The average molecular weight is 223 g/mol. The standard InChI is InChI=1S/C12H17NO3/c1-3-13-10-7-9(8-12(14)15)5-6-11(10)16-4-2/h5-7,13H,3-4,8H2,1-2H3,(H,14,15). The summed E-state index contributed by atoms with van der Waals surface area (Å²) in [7, 11) is 0. The molecule has 16 heavy (non-hydrogen) atoms. The van der Waals surface area contributed by atoms with Crippen molar-refractivity contribution in [2.24, 2.45) is 0 Å². The maximum absolute atomic E-state index is 10.6. The topological polar surface area (TPSA) is 58.6 Å². The zero-order chi connectivity index (χ0) is 12.0. The van der Waals surface area contributed by atoms with Crippen molar-refractivity contribution >= 4 is 11.7 Å². The molecule has 0 atom stereocenters. The van der Waals surface area contributed by atoms with Gasteiger partial charge in [-0.25, -0.2) is 0 Å². The molecule has 1 aromatic rings. The van der Waals surface area contributed by atoms with E-state index in [4.69, 9.17) is 9.84 Å². The highest BCUT2D eigenvalue weighted by Crippen LogP contribution is 2.25. The first-order valence-electron chi connectivity index (χ1n) is 5.38. The number of aliphatic carboxylic acids is 1. The van der Waals surface area contributed by atoms with E-state index in [-0.39, 0.29) is 6.42 Å². The Morgan fingerprint density at radius 1 is 1.44 bits per heavy atom. The summed E-state index contributed by atoms with van der Waals surface area (Å²) >= 11 is 0. The van der Waals surface area contributed by atoms with Crippen molar-refractivity contribution < 1.29 is 14.6 Å². The van der Waals surface area contributed by atoms with Crippen LogP contribution in [0.25, 0.3) is 0 Å². The van der Waals surface area contributed by atoms with Gasteiger partial charge >= 0.3 is 5.97 Å².